The zero-order valence-corrected chi connectivity index (χ0v) is 16.2. The van der Waals surface area contributed by atoms with Gasteiger partial charge in [-0.3, -0.25) is 9.69 Å². The molecule has 1 unspecified atom stereocenters. The number of amides is 1. The Balaban J connectivity index is 1.58. The van der Waals surface area contributed by atoms with Gasteiger partial charge >= 0.3 is 0 Å². The van der Waals surface area contributed by atoms with Crippen LogP contribution in [0.1, 0.15) is 24.4 Å². The summed E-state index contributed by atoms with van der Waals surface area (Å²) in [5.74, 6) is 1.01. The van der Waals surface area contributed by atoms with Gasteiger partial charge in [0, 0.05) is 11.6 Å². The van der Waals surface area contributed by atoms with Gasteiger partial charge in [0.05, 0.1) is 13.2 Å². The number of methoxy groups -OCH3 is 1. The van der Waals surface area contributed by atoms with Crippen molar-refractivity contribution in [1.82, 2.24) is 10.2 Å². The summed E-state index contributed by atoms with van der Waals surface area (Å²) in [6.45, 7) is 2.53. The molecule has 1 aliphatic rings. The molecule has 1 atom stereocenters. The van der Waals surface area contributed by atoms with Gasteiger partial charge in [0.1, 0.15) is 0 Å². The van der Waals surface area contributed by atoms with Crippen LogP contribution in [0.2, 0.25) is 5.02 Å². The van der Waals surface area contributed by atoms with E-state index in [0.29, 0.717) is 23.1 Å². The molecule has 27 heavy (non-hydrogen) atoms. The summed E-state index contributed by atoms with van der Waals surface area (Å²) in [7, 11) is 1.58. The first kappa shape index (κ1) is 19.5. The zero-order chi connectivity index (χ0) is 19.1. The molecule has 6 heteroatoms. The minimum absolute atomic E-state index is 0.0529. The Hall–Kier alpha value is -2.24. The van der Waals surface area contributed by atoms with Gasteiger partial charge in [0.25, 0.3) is 5.91 Å². The van der Waals surface area contributed by atoms with Crippen molar-refractivity contribution in [2.24, 2.45) is 0 Å². The number of hydrogen-bond acceptors (Lipinski definition) is 4. The van der Waals surface area contributed by atoms with Crippen molar-refractivity contribution >= 4 is 17.5 Å². The Bertz CT molecular complexity index is 763. The van der Waals surface area contributed by atoms with Crippen LogP contribution in [0.25, 0.3) is 0 Å². The van der Waals surface area contributed by atoms with E-state index in [2.05, 4.69) is 16.3 Å². The van der Waals surface area contributed by atoms with Gasteiger partial charge in [-0.05, 0) is 55.8 Å². The molecular formula is C21H25ClN2O3. The molecule has 0 bridgehead atoms. The van der Waals surface area contributed by atoms with Crippen LogP contribution in [0.5, 0.6) is 11.5 Å². The SMILES string of the molecule is COc1ccccc1OCC(=O)NCC(c1cccc(Cl)c1)N1CCCC1. The lowest BCUT2D eigenvalue weighted by Crippen LogP contribution is -2.38. The number of nitrogens with zero attached hydrogens (tertiary/aromatic N) is 1. The predicted octanol–water partition coefficient (Wildman–Crippen LogP) is 3.68. The molecule has 2 aromatic carbocycles. The molecule has 1 fully saturated rings. The highest BCUT2D eigenvalue weighted by molar-refractivity contribution is 6.30. The summed E-state index contributed by atoms with van der Waals surface area (Å²) >= 11 is 6.17. The third-order valence-corrected chi connectivity index (χ3v) is 4.97. The molecule has 1 heterocycles. The molecule has 3 rings (SSSR count). The fraction of sp³-hybridized carbons (Fsp3) is 0.381. The summed E-state index contributed by atoms with van der Waals surface area (Å²) in [5.41, 5.74) is 1.12. The number of carbonyl (C=O) groups excluding carboxylic acids is 1. The summed E-state index contributed by atoms with van der Waals surface area (Å²) in [6, 6.07) is 15.3. The van der Waals surface area contributed by atoms with Crippen LogP contribution >= 0.6 is 11.6 Å². The van der Waals surface area contributed by atoms with E-state index in [4.69, 9.17) is 21.1 Å². The van der Waals surface area contributed by atoms with Crippen LogP contribution in [0, 0.1) is 0 Å². The van der Waals surface area contributed by atoms with E-state index in [0.717, 1.165) is 18.7 Å². The summed E-state index contributed by atoms with van der Waals surface area (Å²) in [4.78, 5) is 14.7. The third kappa shape index (κ3) is 5.37. The van der Waals surface area contributed by atoms with Crippen molar-refractivity contribution in [3.63, 3.8) is 0 Å². The molecule has 2 aromatic rings. The quantitative estimate of drug-likeness (QED) is 0.749. The standard InChI is InChI=1S/C21H25ClN2O3/c1-26-19-9-2-3-10-20(19)27-15-21(25)23-14-18(24-11-4-5-12-24)16-7-6-8-17(22)13-16/h2-3,6-10,13,18H,4-5,11-12,14-15H2,1H3,(H,23,25). The maximum absolute atomic E-state index is 12.3. The van der Waals surface area contributed by atoms with Gasteiger partial charge in [0.15, 0.2) is 18.1 Å². The molecular weight excluding hydrogens is 364 g/mol. The van der Waals surface area contributed by atoms with Crippen molar-refractivity contribution in [2.45, 2.75) is 18.9 Å². The van der Waals surface area contributed by atoms with Gasteiger partial charge in [-0.1, -0.05) is 35.9 Å². The fourth-order valence-electron chi connectivity index (χ4n) is 3.37. The second kappa shape index (κ2) is 9.62. The van der Waals surface area contributed by atoms with E-state index >= 15 is 0 Å². The molecule has 144 valence electrons. The molecule has 0 saturated carbocycles. The van der Waals surface area contributed by atoms with Gasteiger partial charge in [-0.15, -0.1) is 0 Å². The molecule has 0 radical (unpaired) electrons. The monoisotopic (exact) mass is 388 g/mol. The second-order valence-corrected chi connectivity index (χ2v) is 6.99. The van der Waals surface area contributed by atoms with Gasteiger partial charge in [-0.25, -0.2) is 0 Å². The number of carbonyl (C=O) groups is 1. The van der Waals surface area contributed by atoms with E-state index in [1.54, 1.807) is 19.2 Å². The Labute approximate surface area is 165 Å². The first-order valence-electron chi connectivity index (χ1n) is 9.19. The van der Waals surface area contributed by atoms with Crippen molar-refractivity contribution in [1.29, 1.82) is 0 Å². The maximum atomic E-state index is 12.3. The van der Waals surface area contributed by atoms with Crippen LogP contribution < -0.4 is 14.8 Å². The van der Waals surface area contributed by atoms with E-state index in [9.17, 15) is 4.79 Å². The Kier molecular flexibility index (Phi) is 6.96. The average Bonchev–Trinajstić information content (AvgIpc) is 3.21. The molecule has 0 spiro atoms. The van der Waals surface area contributed by atoms with Gasteiger partial charge < -0.3 is 14.8 Å². The number of likely N-dealkylation sites (tertiary alicyclic amines) is 1. The molecule has 1 amide bonds. The predicted molar refractivity (Wildman–Crippen MR) is 106 cm³/mol. The summed E-state index contributed by atoms with van der Waals surface area (Å²) < 4.78 is 10.8. The smallest absolute Gasteiger partial charge is 0.258 e. The Morgan fingerprint density at radius 2 is 1.89 bits per heavy atom. The number of ether oxygens (including phenoxy) is 2. The number of halogens is 1. The van der Waals surface area contributed by atoms with Gasteiger partial charge in [-0.2, -0.15) is 0 Å². The van der Waals surface area contributed by atoms with Crippen molar-refractivity contribution in [3.8, 4) is 11.5 Å². The average molecular weight is 389 g/mol. The number of benzene rings is 2. The minimum atomic E-state index is -0.160. The highest BCUT2D eigenvalue weighted by Crippen LogP contribution is 2.27. The van der Waals surface area contributed by atoms with Crippen LogP contribution in [0.15, 0.2) is 48.5 Å². The van der Waals surface area contributed by atoms with Crippen LogP contribution in [-0.4, -0.2) is 44.2 Å². The van der Waals surface area contributed by atoms with E-state index in [-0.39, 0.29) is 18.6 Å². The minimum Gasteiger partial charge on any atom is -0.493 e. The zero-order valence-electron chi connectivity index (χ0n) is 15.5. The molecule has 1 N–H and O–H groups in total. The Morgan fingerprint density at radius 3 is 2.59 bits per heavy atom. The first-order valence-corrected chi connectivity index (χ1v) is 9.57. The fourth-order valence-corrected chi connectivity index (χ4v) is 3.57. The molecule has 0 aromatic heterocycles. The number of hydrogen-bond donors (Lipinski definition) is 1. The summed E-state index contributed by atoms with van der Waals surface area (Å²) in [6.07, 6.45) is 2.36. The topological polar surface area (TPSA) is 50.8 Å². The molecule has 1 aliphatic heterocycles. The highest BCUT2D eigenvalue weighted by Gasteiger charge is 2.24. The largest absolute Gasteiger partial charge is 0.493 e. The van der Waals surface area contributed by atoms with Crippen molar-refractivity contribution in [3.05, 3.63) is 59.1 Å². The molecule has 1 saturated heterocycles. The molecule has 0 aliphatic carbocycles. The van der Waals surface area contributed by atoms with E-state index in [1.165, 1.54) is 12.8 Å². The maximum Gasteiger partial charge on any atom is 0.258 e. The Morgan fingerprint density at radius 1 is 1.15 bits per heavy atom. The lowest BCUT2D eigenvalue weighted by molar-refractivity contribution is -0.123. The van der Waals surface area contributed by atoms with Crippen LogP contribution in [0.4, 0.5) is 0 Å². The first-order chi connectivity index (χ1) is 13.2. The summed E-state index contributed by atoms with van der Waals surface area (Å²) in [5, 5.41) is 3.71. The lowest BCUT2D eigenvalue weighted by Gasteiger charge is -2.28. The molecule has 5 nitrogen and oxygen atoms in total. The second-order valence-electron chi connectivity index (χ2n) is 6.56. The number of rotatable bonds is 8. The number of nitrogens with one attached hydrogen (secondary N) is 1. The van der Waals surface area contributed by atoms with E-state index in [1.807, 2.05) is 30.3 Å². The van der Waals surface area contributed by atoms with Gasteiger partial charge in [0.2, 0.25) is 0 Å². The normalized spacial score (nSPS) is 15.3. The van der Waals surface area contributed by atoms with Crippen molar-refractivity contribution < 1.29 is 14.3 Å². The van der Waals surface area contributed by atoms with Crippen LogP contribution in [0.3, 0.4) is 0 Å². The highest BCUT2D eigenvalue weighted by atomic mass is 35.5. The van der Waals surface area contributed by atoms with Crippen molar-refractivity contribution in [2.75, 3.05) is 33.4 Å². The van der Waals surface area contributed by atoms with Crippen LogP contribution in [-0.2, 0) is 4.79 Å². The third-order valence-electron chi connectivity index (χ3n) is 4.74. The lowest BCUT2D eigenvalue weighted by atomic mass is 10.1. The van der Waals surface area contributed by atoms with E-state index < -0.39 is 0 Å². The number of para-hydroxylation sites is 2.